The van der Waals surface area contributed by atoms with Crippen molar-refractivity contribution in [1.82, 2.24) is 19.2 Å². The van der Waals surface area contributed by atoms with E-state index in [1.165, 1.54) is 11.9 Å². The van der Waals surface area contributed by atoms with E-state index in [0.717, 1.165) is 47.3 Å². The van der Waals surface area contributed by atoms with Crippen LogP contribution in [0, 0.1) is 17.2 Å². The van der Waals surface area contributed by atoms with Crippen LogP contribution in [0.15, 0.2) is 47.6 Å². The van der Waals surface area contributed by atoms with Gasteiger partial charge in [0.1, 0.15) is 11.8 Å². The summed E-state index contributed by atoms with van der Waals surface area (Å²) < 4.78 is 10.5. The molecule has 0 bridgehead atoms. The lowest BCUT2D eigenvalue weighted by atomic mass is 9.98. The third kappa shape index (κ3) is 6.76. The van der Waals surface area contributed by atoms with Gasteiger partial charge >= 0.3 is 5.97 Å². The number of nitriles is 1. The standard InChI is InChI=1S/C28H35N5O3S/c1-3-36-26(34)10-9-21-19-30-23-7-4-8-25(27(21)23)37-31-24(13-17-32-14-5-6-22(32)18-29)28(35)33-15-11-20(2)12-16-33/h4-8,14,19-20,24,30-31H,3,9-13,15-17H2,1-2H3. The molecule has 0 spiro atoms. The molecule has 3 heterocycles. The first kappa shape index (κ1) is 26.8. The van der Waals surface area contributed by atoms with Crippen LogP contribution in [0.3, 0.4) is 0 Å². The summed E-state index contributed by atoms with van der Waals surface area (Å²) in [5.74, 6) is 0.541. The Kier molecular flexibility index (Phi) is 9.31. The second-order valence-corrected chi connectivity index (χ2v) is 10.4. The van der Waals surface area contributed by atoms with Gasteiger partial charge in [-0.3, -0.25) is 9.59 Å². The van der Waals surface area contributed by atoms with Gasteiger partial charge in [0.15, 0.2) is 0 Å². The highest BCUT2D eigenvalue weighted by atomic mass is 32.2. The minimum atomic E-state index is -0.399. The summed E-state index contributed by atoms with van der Waals surface area (Å²) in [7, 11) is 0. The Morgan fingerprint density at radius 1 is 1.27 bits per heavy atom. The molecule has 1 atom stereocenters. The lowest BCUT2D eigenvalue weighted by Gasteiger charge is -2.33. The molecule has 0 saturated carbocycles. The Labute approximate surface area is 222 Å². The van der Waals surface area contributed by atoms with Crippen LogP contribution in [0.5, 0.6) is 0 Å². The number of carbonyl (C=O) groups is 2. The number of benzene rings is 1. The third-order valence-electron chi connectivity index (χ3n) is 6.96. The number of aromatic nitrogens is 2. The second-order valence-electron chi connectivity index (χ2n) is 9.57. The van der Waals surface area contributed by atoms with Gasteiger partial charge < -0.3 is 19.2 Å². The molecule has 1 fully saturated rings. The molecule has 1 amide bonds. The molecule has 1 saturated heterocycles. The van der Waals surface area contributed by atoms with Crippen molar-refractivity contribution in [3.8, 4) is 6.07 Å². The molecular formula is C28H35N5O3S. The lowest BCUT2D eigenvalue weighted by molar-refractivity contribution is -0.143. The van der Waals surface area contributed by atoms with Gasteiger partial charge in [0.05, 0.1) is 12.6 Å². The van der Waals surface area contributed by atoms with Gasteiger partial charge in [-0.05, 0) is 80.3 Å². The first-order valence-corrected chi connectivity index (χ1v) is 13.8. The van der Waals surface area contributed by atoms with Gasteiger partial charge in [-0.2, -0.15) is 5.26 Å². The van der Waals surface area contributed by atoms with Crippen LogP contribution in [0.4, 0.5) is 0 Å². The molecule has 0 aliphatic carbocycles. The Hall–Kier alpha value is -3.22. The number of fused-ring (bicyclic) bond motifs is 1. The molecule has 1 aromatic carbocycles. The minimum absolute atomic E-state index is 0.105. The van der Waals surface area contributed by atoms with E-state index in [0.29, 0.717) is 44.0 Å². The normalized spacial score (nSPS) is 15.0. The van der Waals surface area contributed by atoms with Crippen molar-refractivity contribution in [2.75, 3.05) is 19.7 Å². The number of ether oxygens (including phenoxy) is 1. The Morgan fingerprint density at radius 3 is 2.84 bits per heavy atom. The van der Waals surface area contributed by atoms with E-state index < -0.39 is 6.04 Å². The molecule has 196 valence electrons. The van der Waals surface area contributed by atoms with E-state index in [4.69, 9.17) is 4.74 Å². The van der Waals surface area contributed by atoms with E-state index >= 15 is 0 Å². The van der Waals surface area contributed by atoms with E-state index in [1.807, 2.05) is 53.0 Å². The number of esters is 1. The zero-order chi connectivity index (χ0) is 26.2. The van der Waals surface area contributed by atoms with Crippen LogP contribution < -0.4 is 4.72 Å². The fourth-order valence-corrected chi connectivity index (χ4v) is 5.74. The van der Waals surface area contributed by atoms with E-state index in [2.05, 4.69) is 22.7 Å². The maximum atomic E-state index is 13.6. The highest BCUT2D eigenvalue weighted by Crippen LogP contribution is 2.31. The number of rotatable bonds is 11. The smallest absolute Gasteiger partial charge is 0.306 e. The maximum Gasteiger partial charge on any atom is 0.306 e. The number of aryl methyl sites for hydroxylation is 2. The van der Waals surface area contributed by atoms with Crippen molar-refractivity contribution < 1.29 is 14.3 Å². The molecule has 9 heteroatoms. The van der Waals surface area contributed by atoms with Crippen molar-refractivity contribution >= 4 is 34.7 Å². The quantitative estimate of drug-likeness (QED) is 0.281. The van der Waals surface area contributed by atoms with Crippen molar-refractivity contribution in [3.63, 3.8) is 0 Å². The molecule has 1 aliphatic heterocycles. The number of hydrogen-bond acceptors (Lipinski definition) is 6. The van der Waals surface area contributed by atoms with Crippen LogP contribution in [0.25, 0.3) is 10.9 Å². The average Bonchev–Trinajstić information content (AvgIpc) is 3.54. The highest BCUT2D eigenvalue weighted by molar-refractivity contribution is 7.97. The third-order valence-corrected chi connectivity index (χ3v) is 7.92. The number of H-pyrrole nitrogens is 1. The van der Waals surface area contributed by atoms with Crippen molar-refractivity contribution in [2.45, 2.75) is 63.4 Å². The van der Waals surface area contributed by atoms with Crippen molar-refractivity contribution in [2.24, 2.45) is 5.92 Å². The first-order valence-electron chi connectivity index (χ1n) is 13.0. The fourth-order valence-electron chi connectivity index (χ4n) is 4.77. The number of nitrogens with zero attached hydrogens (tertiary/aromatic N) is 3. The second kappa shape index (κ2) is 12.8. The molecule has 2 aromatic heterocycles. The lowest BCUT2D eigenvalue weighted by Crippen LogP contribution is -2.47. The van der Waals surface area contributed by atoms with Gasteiger partial charge in [-0.25, -0.2) is 4.72 Å². The molecule has 2 N–H and O–H groups in total. The highest BCUT2D eigenvalue weighted by Gasteiger charge is 2.27. The largest absolute Gasteiger partial charge is 0.466 e. The molecular weight excluding hydrogens is 486 g/mol. The number of aromatic amines is 1. The van der Waals surface area contributed by atoms with E-state index in [9.17, 15) is 14.9 Å². The summed E-state index contributed by atoms with van der Waals surface area (Å²) in [6.07, 6.45) is 7.34. The van der Waals surface area contributed by atoms with E-state index in [-0.39, 0.29) is 11.9 Å². The van der Waals surface area contributed by atoms with Crippen molar-refractivity contribution in [3.05, 3.63) is 54.0 Å². The van der Waals surface area contributed by atoms with Crippen molar-refractivity contribution in [1.29, 1.82) is 5.26 Å². The average molecular weight is 522 g/mol. The number of likely N-dealkylation sites (tertiary alicyclic amines) is 1. The minimum Gasteiger partial charge on any atom is -0.466 e. The first-order chi connectivity index (χ1) is 18.0. The van der Waals surface area contributed by atoms with Crippen LogP contribution in [-0.2, 0) is 27.3 Å². The number of nitrogens with one attached hydrogen (secondary N) is 2. The molecule has 3 aromatic rings. The number of piperidine rings is 1. The number of amides is 1. The SMILES string of the molecule is CCOC(=O)CCc1c[nH]c2cccc(SNC(CCn3cccc3C#N)C(=O)N3CCC(C)CC3)c12. The zero-order valence-electron chi connectivity index (χ0n) is 21.5. The van der Waals surface area contributed by atoms with Gasteiger partial charge in [-0.1, -0.05) is 13.0 Å². The Balaban J connectivity index is 1.50. The van der Waals surface area contributed by atoms with Gasteiger partial charge in [-0.15, -0.1) is 0 Å². The summed E-state index contributed by atoms with van der Waals surface area (Å²) >= 11 is 1.45. The van der Waals surface area contributed by atoms with Gasteiger partial charge in [0, 0.05) is 54.2 Å². The zero-order valence-corrected chi connectivity index (χ0v) is 22.4. The van der Waals surface area contributed by atoms with E-state index in [1.54, 1.807) is 6.07 Å². The number of hydrogen-bond donors (Lipinski definition) is 2. The predicted octanol–water partition coefficient (Wildman–Crippen LogP) is 4.65. The summed E-state index contributed by atoms with van der Waals surface area (Å²) in [6, 6.07) is 11.5. The molecule has 37 heavy (non-hydrogen) atoms. The van der Waals surface area contributed by atoms with Gasteiger partial charge in [0.25, 0.3) is 0 Å². The summed E-state index contributed by atoms with van der Waals surface area (Å²) in [5.41, 5.74) is 2.63. The van der Waals surface area contributed by atoms with Crippen LogP contribution in [-0.4, -0.2) is 52.1 Å². The summed E-state index contributed by atoms with van der Waals surface area (Å²) in [6.45, 7) is 6.55. The summed E-state index contributed by atoms with van der Waals surface area (Å²) in [5, 5.41) is 10.4. The molecule has 1 unspecified atom stereocenters. The Morgan fingerprint density at radius 2 is 2.08 bits per heavy atom. The topological polar surface area (TPSA) is 103 Å². The predicted molar refractivity (Wildman–Crippen MR) is 145 cm³/mol. The van der Waals surface area contributed by atoms with Gasteiger partial charge in [0.2, 0.25) is 5.91 Å². The van der Waals surface area contributed by atoms with Crippen LogP contribution >= 0.6 is 11.9 Å². The molecule has 0 radical (unpaired) electrons. The molecule has 4 rings (SSSR count). The Bertz CT molecular complexity index is 1250. The molecule has 1 aliphatic rings. The summed E-state index contributed by atoms with van der Waals surface area (Å²) in [4.78, 5) is 31.8. The maximum absolute atomic E-state index is 13.6. The fraction of sp³-hybridized carbons (Fsp3) is 0.464. The molecule has 8 nitrogen and oxygen atoms in total. The van der Waals surface area contributed by atoms with Crippen LogP contribution in [0.2, 0.25) is 0 Å². The van der Waals surface area contributed by atoms with Crippen LogP contribution in [0.1, 0.15) is 50.8 Å². The number of carbonyl (C=O) groups excluding carboxylic acids is 2. The monoisotopic (exact) mass is 521 g/mol.